The molecule has 0 radical (unpaired) electrons. The van der Waals surface area contributed by atoms with E-state index in [1.54, 1.807) is 16.7 Å². The Bertz CT molecular complexity index is 805. The monoisotopic (exact) mass is 412 g/mol. The molecule has 2 amide bonds. The van der Waals surface area contributed by atoms with Crippen molar-refractivity contribution in [2.24, 2.45) is 0 Å². The molecule has 5 heteroatoms. The smallest absolute Gasteiger partial charge is 0.242 e. The molecule has 0 bridgehead atoms. The molecule has 1 atom stereocenters. The molecule has 0 aliphatic rings. The van der Waals surface area contributed by atoms with Crippen molar-refractivity contribution in [2.45, 2.75) is 58.0 Å². The van der Waals surface area contributed by atoms with Crippen molar-refractivity contribution in [1.82, 2.24) is 10.2 Å². The van der Waals surface area contributed by atoms with Gasteiger partial charge in [0.2, 0.25) is 11.8 Å². The Labute approximate surface area is 179 Å². The third kappa shape index (κ3) is 7.24. The molecular formula is C24H32N2O2S. The summed E-state index contributed by atoms with van der Waals surface area (Å²) >= 11 is 1.67. The Morgan fingerprint density at radius 1 is 1.07 bits per heavy atom. The van der Waals surface area contributed by atoms with E-state index in [-0.39, 0.29) is 11.8 Å². The molecule has 0 unspecified atom stereocenters. The lowest BCUT2D eigenvalue weighted by atomic mass is 10.1. The van der Waals surface area contributed by atoms with Crippen LogP contribution in [0.15, 0.2) is 53.4 Å². The van der Waals surface area contributed by atoms with Crippen molar-refractivity contribution in [3.8, 4) is 0 Å². The van der Waals surface area contributed by atoms with Gasteiger partial charge < -0.3 is 10.2 Å². The summed E-state index contributed by atoms with van der Waals surface area (Å²) in [5.41, 5.74) is 3.42. The van der Waals surface area contributed by atoms with Gasteiger partial charge in [-0.3, -0.25) is 9.59 Å². The van der Waals surface area contributed by atoms with E-state index >= 15 is 0 Å². The van der Waals surface area contributed by atoms with Crippen LogP contribution in [0.4, 0.5) is 0 Å². The normalized spacial score (nSPS) is 11.7. The number of nitrogens with zero attached hydrogens (tertiary/aromatic N) is 1. The van der Waals surface area contributed by atoms with Crippen LogP contribution in [0.3, 0.4) is 0 Å². The molecule has 0 heterocycles. The molecule has 4 nitrogen and oxygen atoms in total. The minimum absolute atomic E-state index is 0.00649. The first-order chi connectivity index (χ1) is 13.9. The van der Waals surface area contributed by atoms with E-state index < -0.39 is 6.04 Å². The van der Waals surface area contributed by atoms with Crippen molar-refractivity contribution in [3.05, 3.63) is 65.2 Å². The summed E-state index contributed by atoms with van der Waals surface area (Å²) in [6, 6.07) is 15.8. The van der Waals surface area contributed by atoms with E-state index in [1.165, 1.54) is 5.56 Å². The zero-order valence-electron chi connectivity index (χ0n) is 17.9. The van der Waals surface area contributed by atoms with Gasteiger partial charge in [0, 0.05) is 30.2 Å². The number of carbonyl (C=O) groups is 2. The van der Waals surface area contributed by atoms with Gasteiger partial charge in [-0.15, -0.1) is 11.8 Å². The zero-order valence-corrected chi connectivity index (χ0v) is 18.7. The van der Waals surface area contributed by atoms with Crippen LogP contribution in [0.25, 0.3) is 0 Å². The fraction of sp³-hybridized carbons (Fsp3) is 0.417. The Kier molecular flexibility index (Phi) is 9.26. The molecule has 1 N–H and O–H groups in total. The summed E-state index contributed by atoms with van der Waals surface area (Å²) in [6.45, 7) is 9.00. The highest BCUT2D eigenvalue weighted by Crippen LogP contribution is 2.21. The van der Waals surface area contributed by atoms with Gasteiger partial charge in [-0.25, -0.2) is 0 Å². The van der Waals surface area contributed by atoms with E-state index in [2.05, 4.69) is 36.5 Å². The number of hydrogen-bond acceptors (Lipinski definition) is 3. The first-order valence-corrected chi connectivity index (χ1v) is 11.2. The maximum atomic E-state index is 13.1. The van der Waals surface area contributed by atoms with E-state index in [0.29, 0.717) is 25.3 Å². The molecule has 156 valence electrons. The lowest BCUT2D eigenvalue weighted by molar-refractivity contribution is -0.140. The minimum atomic E-state index is -0.502. The first kappa shape index (κ1) is 23.0. The highest BCUT2D eigenvalue weighted by Gasteiger charge is 2.26. The fourth-order valence-corrected chi connectivity index (χ4v) is 3.82. The van der Waals surface area contributed by atoms with Crippen LogP contribution in [-0.2, 0) is 16.1 Å². The number of aryl methyl sites for hydroxylation is 2. The summed E-state index contributed by atoms with van der Waals surface area (Å²) in [5, 5.41) is 2.92. The number of carbonyl (C=O) groups excluding carboxylic acids is 2. The van der Waals surface area contributed by atoms with Crippen molar-refractivity contribution in [3.63, 3.8) is 0 Å². The van der Waals surface area contributed by atoms with Crippen LogP contribution in [0.5, 0.6) is 0 Å². The summed E-state index contributed by atoms with van der Waals surface area (Å²) in [5.74, 6) is 0.599. The molecule has 2 rings (SSSR count). The van der Waals surface area contributed by atoms with E-state index in [0.717, 1.165) is 22.4 Å². The number of thioether (sulfide) groups is 1. The summed E-state index contributed by atoms with van der Waals surface area (Å²) in [4.78, 5) is 28.5. The van der Waals surface area contributed by atoms with Crippen LogP contribution >= 0.6 is 11.8 Å². The van der Waals surface area contributed by atoms with Gasteiger partial charge in [0.1, 0.15) is 6.04 Å². The number of rotatable bonds is 10. The second-order valence-corrected chi connectivity index (χ2v) is 8.49. The van der Waals surface area contributed by atoms with E-state index in [9.17, 15) is 9.59 Å². The van der Waals surface area contributed by atoms with E-state index in [1.807, 2.05) is 45.0 Å². The van der Waals surface area contributed by atoms with Gasteiger partial charge in [-0.05, 0) is 50.5 Å². The third-order valence-electron chi connectivity index (χ3n) is 4.92. The topological polar surface area (TPSA) is 49.4 Å². The fourth-order valence-electron chi connectivity index (χ4n) is 2.98. The zero-order chi connectivity index (χ0) is 21.2. The number of benzene rings is 2. The highest BCUT2D eigenvalue weighted by atomic mass is 32.2. The molecule has 0 aliphatic heterocycles. The Morgan fingerprint density at radius 3 is 2.41 bits per heavy atom. The van der Waals surface area contributed by atoms with Crippen LogP contribution in [0, 0.1) is 13.8 Å². The molecule has 0 aliphatic carbocycles. The van der Waals surface area contributed by atoms with Gasteiger partial charge in [0.15, 0.2) is 0 Å². The van der Waals surface area contributed by atoms with Crippen molar-refractivity contribution >= 4 is 23.6 Å². The second-order valence-electron chi connectivity index (χ2n) is 7.33. The quantitative estimate of drug-likeness (QED) is 0.574. The maximum Gasteiger partial charge on any atom is 0.242 e. The van der Waals surface area contributed by atoms with Crippen LogP contribution in [-0.4, -0.2) is 35.1 Å². The van der Waals surface area contributed by atoms with E-state index in [4.69, 9.17) is 0 Å². The largest absolute Gasteiger partial charge is 0.354 e. The second kappa shape index (κ2) is 11.7. The molecule has 0 spiro atoms. The summed E-state index contributed by atoms with van der Waals surface area (Å²) in [6.07, 6.45) is 1.27. The maximum absolute atomic E-state index is 13.1. The van der Waals surface area contributed by atoms with Crippen molar-refractivity contribution < 1.29 is 9.59 Å². The molecule has 0 saturated carbocycles. The average molecular weight is 413 g/mol. The molecular weight excluding hydrogens is 380 g/mol. The summed E-state index contributed by atoms with van der Waals surface area (Å²) < 4.78 is 0. The number of amides is 2. The van der Waals surface area contributed by atoms with Gasteiger partial charge in [0.05, 0.1) is 0 Å². The lowest BCUT2D eigenvalue weighted by Crippen LogP contribution is -2.47. The van der Waals surface area contributed by atoms with Gasteiger partial charge in [0.25, 0.3) is 0 Å². The Balaban J connectivity index is 2.05. The predicted molar refractivity (Wildman–Crippen MR) is 121 cm³/mol. The predicted octanol–water partition coefficient (Wildman–Crippen LogP) is 4.73. The lowest BCUT2D eigenvalue weighted by Gasteiger charge is -2.29. The number of nitrogens with one attached hydrogen (secondary N) is 1. The molecule has 0 saturated heterocycles. The minimum Gasteiger partial charge on any atom is -0.354 e. The van der Waals surface area contributed by atoms with Gasteiger partial charge in [-0.1, -0.05) is 48.9 Å². The molecule has 2 aromatic rings. The average Bonchev–Trinajstić information content (AvgIpc) is 2.72. The standard InChI is InChI=1S/C24H32N2O2S/c1-5-15-25-24(28)20(4)26(17-21-9-7-6-8-19(21)3)23(27)14-16-29-22-12-10-18(2)11-13-22/h6-13,20H,5,14-17H2,1-4H3,(H,25,28)/t20-/m1/s1. The Hall–Kier alpha value is -2.27. The van der Waals surface area contributed by atoms with Crippen LogP contribution in [0.1, 0.15) is 43.4 Å². The third-order valence-corrected chi connectivity index (χ3v) is 5.94. The van der Waals surface area contributed by atoms with Gasteiger partial charge in [-0.2, -0.15) is 0 Å². The van der Waals surface area contributed by atoms with Crippen molar-refractivity contribution in [1.29, 1.82) is 0 Å². The van der Waals surface area contributed by atoms with Crippen LogP contribution in [0.2, 0.25) is 0 Å². The SMILES string of the molecule is CCCNC(=O)[C@@H](C)N(Cc1ccccc1C)C(=O)CCSc1ccc(C)cc1. The summed E-state index contributed by atoms with van der Waals surface area (Å²) in [7, 11) is 0. The Morgan fingerprint density at radius 2 is 1.76 bits per heavy atom. The van der Waals surface area contributed by atoms with Crippen LogP contribution < -0.4 is 5.32 Å². The molecule has 29 heavy (non-hydrogen) atoms. The number of hydrogen-bond donors (Lipinski definition) is 1. The van der Waals surface area contributed by atoms with Gasteiger partial charge >= 0.3 is 0 Å². The molecule has 0 aromatic heterocycles. The molecule has 0 fully saturated rings. The highest BCUT2D eigenvalue weighted by molar-refractivity contribution is 7.99. The van der Waals surface area contributed by atoms with Crippen molar-refractivity contribution in [2.75, 3.05) is 12.3 Å². The first-order valence-electron chi connectivity index (χ1n) is 10.2. The molecule has 2 aromatic carbocycles.